The van der Waals surface area contributed by atoms with Crippen molar-refractivity contribution in [3.8, 4) is 0 Å². The quantitative estimate of drug-likeness (QED) is 0.514. The molecule has 1 aliphatic rings. The predicted octanol–water partition coefficient (Wildman–Crippen LogP) is 1.81. The van der Waals surface area contributed by atoms with Gasteiger partial charge in [0.2, 0.25) is 5.13 Å². The molecular weight excluding hydrogens is 370 g/mol. The van der Waals surface area contributed by atoms with E-state index >= 15 is 0 Å². The number of thioether (sulfide) groups is 1. The van der Waals surface area contributed by atoms with Gasteiger partial charge in [0, 0.05) is 11.4 Å². The monoisotopic (exact) mass is 394 g/mol. The summed E-state index contributed by atoms with van der Waals surface area (Å²) in [5.41, 5.74) is 3.10. The molecule has 0 atom stereocenters. The Labute approximate surface area is 161 Å². The minimum absolute atomic E-state index is 0.307. The molecule has 0 aliphatic carbocycles. The van der Waals surface area contributed by atoms with E-state index in [0.29, 0.717) is 5.13 Å². The van der Waals surface area contributed by atoms with Gasteiger partial charge < -0.3 is 15.0 Å². The van der Waals surface area contributed by atoms with Crippen molar-refractivity contribution >= 4 is 39.9 Å². The van der Waals surface area contributed by atoms with Crippen molar-refractivity contribution < 1.29 is 14.4 Å². The lowest BCUT2D eigenvalue weighted by Gasteiger charge is -2.23. The van der Waals surface area contributed by atoms with Crippen LogP contribution in [0.2, 0.25) is 0 Å². The molecule has 2 amide bonds. The molecule has 0 spiro atoms. The number of carbonyl (C=O) groups is 1. The SMILES string of the molecule is Cc1ccc(NC(=O)Nc2nnc(SCC[NH+]3CCOCC3)s2)cc1C. The molecule has 3 N–H and O–H groups in total. The van der Waals surface area contributed by atoms with Gasteiger partial charge in [0.05, 0.1) is 19.8 Å². The van der Waals surface area contributed by atoms with Crippen molar-refractivity contribution in [3.63, 3.8) is 0 Å². The summed E-state index contributed by atoms with van der Waals surface area (Å²) in [4.78, 5) is 13.7. The minimum atomic E-state index is -0.307. The molecule has 140 valence electrons. The fraction of sp³-hybridized carbons (Fsp3) is 0.471. The number of carbonyl (C=O) groups excluding carboxylic acids is 1. The molecular formula is C17H24N5O2S2+. The molecule has 1 aliphatic heterocycles. The summed E-state index contributed by atoms with van der Waals surface area (Å²) < 4.78 is 6.24. The van der Waals surface area contributed by atoms with E-state index in [2.05, 4.69) is 20.8 Å². The van der Waals surface area contributed by atoms with E-state index in [9.17, 15) is 4.79 Å². The first-order chi connectivity index (χ1) is 12.6. The van der Waals surface area contributed by atoms with Gasteiger partial charge in [0.15, 0.2) is 4.34 Å². The van der Waals surface area contributed by atoms with Gasteiger partial charge in [-0.25, -0.2) is 4.79 Å². The molecule has 1 fully saturated rings. The maximum Gasteiger partial charge on any atom is 0.325 e. The summed E-state index contributed by atoms with van der Waals surface area (Å²) in [5.74, 6) is 0.985. The largest absolute Gasteiger partial charge is 0.370 e. The van der Waals surface area contributed by atoms with E-state index in [1.807, 2.05) is 32.0 Å². The Morgan fingerprint density at radius 3 is 2.81 bits per heavy atom. The molecule has 1 aromatic carbocycles. The maximum absolute atomic E-state index is 12.1. The van der Waals surface area contributed by atoms with Crippen LogP contribution in [-0.2, 0) is 4.74 Å². The summed E-state index contributed by atoms with van der Waals surface area (Å²) >= 11 is 3.08. The summed E-state index contributed by atoms with van der Waals surface area (Å²) in [7, 11) is 0. The number of ether oxygens (including phenoxy) is 1. The number of rotatable bonds is 6. The van der Waals surface area contributed by atoms with Crippen LogP contribution in [0, 0.1) is 13.8 Å². The number of nitrogens with one attached hydrogen (secondary N) is 3. The number of quaternary nitrogens is 1. The standard InChI is InChI=1S/C17H23N5O2S2/c1-12-3-4-14(11-13(12)2)18-15(23)19-16-20-21-17(26-16)25-10-7-22-5-8-24-9-6-22/h3-4,11H,5-10H2,1-2H3,(H2,18,19,20,23)/p+1. The van der Waals surface area contributed by atoms with E-state index in [1.54, 1.807) is 16.7 Å². The van der Waals surface area contributed by atoms with Crippen LogP contribution in [0.25, 0.3) is 0 Å². The van der Waals surface area contributed by atoms with Gasteiger partial charge in [-0.3, -0.25) is 5.32 Å². The molecule has 26 heavy (non-hydrogen) atoms. The highest BCUT2D eigenvalue weighted by Crippen LogP contribution is 2.25. The number of amides is 2. The number of hydrogen-bond donors (Lipinski definition) is 3. The zero-order valence-corrected chi connectivity index (χ0v) is 16.6. The van der Waals surface area contributed by atoms with Crippen molar-refractivity contribution in [1.82, 2.24) is 10.2 Å². The summed E-state index contributed by atoms with van der Waals surface area (Å²) in [6.07, 6.45) is 0. The highest BCUT2D eigenvalue weighted by molar-refractivity contribution is 8.01. The Hall–Kier alpha value is -1.68. The van der Waals surface area contributed by atoms with Crippen LogP contribution in [0.3, 0.4) is 0 Å². The number of anilines is 2. The highest BCUT2D eigenvalue weighted by Gasteiger charge is 2.14. The smallest absolute Gasteiger partial charge is 0.325 e. The lowest BCUT2D eigenvalue weighted by Crippen LogP contribution is -3.14. The van der Waals surface area contributed by atoms with E-state index in [0.717, 1.165) is 54.2 Å². The molecule has 7 nitrogen and oxygen atoms in total. The van der Waals surface area contributed by atoms with Crippen molar-refractivity contribution in [3.05, 3.63) is 29.3 Å². The zero-order chi connectivity index (χ0) is 18.4. The average Bonchev–Trinajstić information content (AvgIpc) is 3.06. The van der Waals surface area contributed by atoms with Crippen LogP contribution in [0.4, 0.5) is 15.6 Å². The van der Waals surface area contributed by atoms with Gasteiger partial charge in [0.1, 0.15) is 13.1 Å². The van der Waals surface area contributed by atoms with Gasteiger partial charge in [0.25, 0.3) is 0 Å². The molecule has 0 bridgehead atoms. The van der Waals surface area contributed by atoms with E-state index in [4.69, 9.17) is 4.74 Å². The van der Waals surface area contributed by atoms with Crippen LogP contribution < -0.4 is 15.5 Å². The lowest BCUT2D eigenvalue weighted by molar-refractivity contribution is -0.905. The number of aromatic nitrogens is 2. The van der Waals surface area contributed by atoms with Gasteiger partial charge in [-0.05, 0) is 37.1 Å². The second-order valence-electron chi connectivity index (χ2n) is 6.21. The third-order valence-corrected chi connectivity index (χ3v) is 6.25. The molecule has 0 radical (unpaired) electrons. The summed E-state index contributed by atoms with van der Waals surface area (Å²) in [6, 6.07) is 5.52. The van der Waals surface area contributed by atoms with Crippen LogP contribution in [0.5, 0.6) is 0 Å². The first kappa shape index (κ1) is 19.1. The molecule has 1 aromatic heterocycles. The number of benzene rings is 1. The number of aryl methyl sites for hydroxylation is 2. The first-order valence-corrected chi connectivity index (χ1v) is 10.4. The maximum atomic E-state index is 12.1. The van der Waals surface area contributed by atoms with Gasteiger partial charge >= 0.3 is 6.03 Å². The minimum Gasteiger partial charge on any atom is -0.370 e. The van der Waals surface area contributed by atoms with Crippen LogP contribution >= 0.6 is 23.1 Å². The predicted molar refractivity (Wildman–Crippen MR) is 106 cm³/mol. The molecule has 2 aromatic rings. The van der Waals surface area contributed by atoms with Crippen LogP contribution in [0.1, 0.15) is 11.1 Å². The Kier molecular flexibility index (Phi) is 6.84. The second kappa shape index (κ2) is 9.31. The molecule has 1 saturated heterocycles. The van der Waals surface area contributed by atoms with Crippen LogP contribution in [-0.4, -0.2) is 54.8 Å². The third kappa shape index (κ3) is 5.66. The number of hydrogen-bond acceptors (Lipinski definition) is 6. The van der Waals surface area contributed by atoms with E-state index in [-0.39, 0.29) is 6.03 Å². The molecule has 9 heteroatoms. The Balaban J connectivity index is 1.43. The van der Waals surface area contributed by atoms with Crippen molar-refractivity contribution in [2.75, 3.05) is 49.2 Å². The van der Waals surface area contributed by atoms with Crippen LogP contribution in [0.15, 0.2) is 22.5 Å². The molecule has 3 rings (SSSR count). The normalized spacial score (nSPS) is 15.0. The molecule has 0 unspecified atom stereocenters. The highest BCUT2D eigenvalue weighted by atomic mass is 32.2. The zero-order valence-electron chi connectivity index (χ0n) is 15.0. The Bertz CT molecular complexity index is 747. The van der Waals surface area contributed by atoms with Crippen molar-refractivity contribution in [1.29, 1.82) is 0 Å². The van der Waals surface area contributed by atoms with Crippen molar-refractivity contribution in [2.45, 2.75) is 18.2 Å². The third-order valence-electron chi connectivity index (χ3n) is 4.27. The topological polar surface area (TPSA) is 80.6 Å². The fourth-order valence-electron chi connectivity index (χ4n) is 2.59. The van der Waals surface area contributed by atoms with Gasteiger partial charge in [-0.2, -0.15) is 0 Å². The fourth-order valence-corrected chi connectivity index (χ4v) is 4.45. The Morgan fingerprint density at radius 1 is 1.23 bits per heavy atom. The number of morpholine rings is 1. The first-order valence-electron chi connectivity index (χ1n) is 8.63. The molecule has 0 saturated carbocycles. The van der Waals surface area contributed by atoms with Gasteiger partial charge in [-0.1, -0.05) is 29.2 Å². The number of urea groups is 1. The lowest BCUT2D eigenvalue weighted by atomic mass is 10.1. The van der Waals surface area contributed by atoms with Gasteiger partial charge in [-0.15, -0.1) is 10.2 Å². The Morgan fingerprint density at radius 2 is 2.04 bits per heavy atom. The number of nitrogens with zero attached hydrogens (tertiary/aromatic N) is 2. The van der Waals surface area contributed by atoms with E-state index < -0.39 is 0 Å². The summed E-state index contributed by atoms with van der Waals surface area (Å²) in [5, 5.41) is 14.3. The average molecular weight is 395 g/mol. The van der Waals surface area contributed by atoms with E-state index in [1.165, 1.54) is 16.9 Å². The van der Waals surface area contributed by atoms with Crippen molar-refractivity contribution in [2.24, 2.45) is 0 Å². The summed E-state index contributed by atoms with van der Waals surface area (Å²) in [6.45, 7) is 8.99. The molecule has 2 heterocycles. The second-order valence-corrected chi connectivity index (χ2v) is 8.53.